The van der Waals surface area contributed by atoms with Crippen LogP contribution in [0.1, 0.15) is 21.7 Å². The maximum atomic E-state index is 12.7. The Bertz CT molecular complexity index is 1500. The maximum absolute atomic E-state index is 12.7. The van der Waals surface area contributed by atoms with Gasteiger partial charge in [-0.05, 0) is 60.6 Å². The second-order valence-electron chi connectivity index (χ2n) is 7.30. The Morgan fingerprint density at radius 1 is 1.00 bits per heavy atom. The second kappa shape index (κ2) is 8.10. The first-order valence-corrected chi connectivity index (χ1v) is 11.1. The highest BCUT2D eigenvalue weighted by Crippen LogP contribution is 2.31. The minimum atomic E-state index is -0.258. The molecule has 3 aromatic carbocycles. The Hall–Kier alpha value is -3.69. The van der Waals surface area contributed by atoms with Crippen LogP contribution in [0.3, 0.4) is 0 Å². The first kappa shape index (κ1) is 20.2. The Balaban J connectivity index is 1.34. The van der Waals surface area contributed by atoms with Gasteiger partial charge in [0.1, 0.15) is 5.01 Å². The number of nitrogens with zero attached hydrogens (tertiary/aromatic N) is 4. The van der Waals surface area contributed by atoms with Crippen LogP contribution in [-0.2, 0) is 0 Å². The van der Waals surface area contributed by atoms with E-state index < -0.39 is 0 Å². The smallest absolute Gasteiger partial charge is 0.257 e. The van der Waals surface area contributed by atoms with Crippen LogP contribution >= 0.6 is 23.6 Å². The van der Waals surface area contributed by atoms with Gasteiger partial charge in [0, 0.05) is 16.8 Å². The first-order valence-electron chi connectivity index (χ1n) is 9.89. The Morgan fingerprint density at radius 3 is 2.62 bits per heavy atom. The summed E-state index contributed by atoms with van der Waals surface area (Å²) < 4.78 is 1.73. The molecule has 0 fully saturated rings. The van der Waals surface area contributed by atoms with E-state index in [1.54, 1.807) is 10.6 Å². The number of fused-ring (bicyclic) bond motifs is 2. The number of anilines is 1. The highest BCUT2D eigenvalue weighted by atomic mass is 32.1. The van der Waals surface area contributed by atoms with E-state index in [0.29, 0.717) is 5.56 Å². The van der Waals surface area contributed by atoms with Gasteiger partial charge in [0.25, 0.3) is 5.91 Å². The minimum absolute atomic E-state index is 0.234. The standard InChI is InChI=1S/C23H18N6OS2/c1-13-18(21-28-29-14(2)26-27-23(29)32-21)8-5-9-19(13)24-22(31)25-20(30)17-11-10-15-6-3-4-7-16(15)12-17/h3-12H,1-2H3,(H2,24,25,30,31). The SMILES string of the molecule is Cc1c(NC(=S)NC(=O)c2ccc3ccccc3c2)cccc1-c1nn2c(C)nnc2s1. The summed E-state index contributed by atoms with van der Waals surface area (Å²) in [5.41, 5.74) is 3.29. The summed E-state index contributed by atoms with van der Waals surface area (Å²) in [6.45, 7) is 3.85. The second-order valence-corrected chi connectivity index (χ2v) is 8.66. The normalized spacial score (nSPS) is 11.1. The summed E-state index contributed by atoms with van der Waals surface area (Å²) in [7, 11) is 0. The van der Waals surface area contributed by atoms with Gasteiger partial charge in [-0.15, -0.1) is 10.2 Å². The van der Waals surface area contributed by atoms with Gasteiger partial charge >= 0.3 is 0 Å². The average Bonchev–Trinajstić information content (AvgIpc) is 3.36. The predicted molar refractivity (Wildman–Crippen MR) is 131 cm³/mol. The lowest BCUT2D eigenvalue weighted by Crippen LogP contribution is -2.34. The summed E-state index contributed by atoms with van der Waals surface area (Å²) in [5, 5.41) is 21.8. The maximum Gasteiger partial charge on any atom is 0.257 e. The van der Waals surface area contributed by atoms with Crippen LogP contribution in [0.25, 0.3) is 26.3 Å². The molecule has 2 heterocycles. The number of rotatable bonds is 3. The molecule has 5 aromatic rings. The van der Waals surface area contributed by atoms with Crippen molar-refractivity contribution < 1.29 is 4.79 Å². The van der Waals surface area contributed by atoms with Crippen molar-refractivity contribution in [2.75, 3.05) is 5.32 Å². The van der Waals surface area contributed by atoms with E-state index in [9.17, 15) is 4.79 Å². The molecule has 5 rings (SSSR count). The summed E-state index contributed by atoms with van der Waals surface area (Å²) in [6, 6.07) is 19.3. The Kier molecular flexibility index (Phi) is 5.12. The van der Waals surface area contributed by atoms with Crippen LogP contribution in [-0.4, -0.2) is 30.8 Å². The molecule has 0 saturated carbocycles. The Morgan fingerprint density at radius 2 is 1.81 bits per heavy atom. The number of hydrogen-bond acceptors (Lipinski definition) is 6. The van der Waals surface area contributed by atoms with E-state index in [4.69, 9.17) is 12.2 Å². The van der Waals surface area contributed by atoms with Crippen LogP contribution in [0.5, 0.6) is 0 Å². The third-order valence-electron chi connectivity index (χ3n) is 5.20. The van der Waals surface area contributed by atoms with Crippen molar-refractivity contribution in [2.24, 2.45) is 0 Å². The average molecular weight is 459 g/mol. The van der Waals surface area contributed by atoms with Crippen LogP contribution in [0, 0.1) is 13.8 Å². The molecule has 1 amide bonds. The molecule has 0 bridgehead atoms. The van der Waals surface area contributed by atoms with Crippen LogP contribution in [0.15, 0.2) is 60.7 Å². The lowest BCUT2D eigenvalue weighted by molar-refractivity contribution is 0.0978. The molecule has 0 saturated heterocycles. The highest BCUT2D eigenvalue weighted by Gasteiger charge is 2.15. The molecule has 0 atom stereocenters. The van der Waals surface area contributed by atoms with E-state index in [-0.39, 0.29) is 11.0 Å². The van der Waals surface area contributed by atoms with Crippen molar-refractivity contribution in [1.29, 1.82) is 0 Å². The zero-order chi connectivity index (χ0) is 22.2. The molecule has 0 spiro atoms. The number of aryl methyl sites for hydroxylation is 1. The van der Waals surface area contributed by atoms with Crippen molar-refractivity contribution in [3.8, 4) is 10.6 Å². The highest BCUT2D eigenvalue weighted by molar-refractivity contribution is 7.80. The third kappa shape index (κ3) is 3.72. The number of benzene rings is 3. The first-order chi connectivity index (χ1) is 15.5. The minimum Gasteiger partial charge on any atom is -0.332 e. The predicted octanol–water partition coefficient (Wildman–Crippen LogP) is 4.75. The van der Waals surface area contributed by atoms with Crippen LogP contribution in [0.4, 0.5) is 5.69 Å². The van der Waals surface area contributed by atoms with Crippen LogP contribution in [0.2, 0.25) is 0 Å². The van der Waals surface area contributed by atoms with Crippen LogP contribution < -0.4 is 10.6 Å². The van der Waals surface area contributed by atoms with Gasteiger partial charge in [-0.1, -0.05) is 53.8 Å². The summed E-state index contributed by atoms with van der Waals surface area (Å²) in [6.07, 6.45) is 0. The number of thiocarbonyl (C=S) groups is 1. The molecular formula is C23H18N6OS2. The zero-order valence-electron chi connectivity index (χ0n) is 17.3. The van der Waals surface area contributed by atoms with Gasteiger partial charge in [-0.3, -0.25) is 10.1 Å². The van der Waals surface area contributed by atoms with Crippen molar-refractivity contribution in [2.45, 2.75) is 13.8 Å². The number of carbonyl (C=O) groups excluding carboxylic acids is 1. The van der Waals surface area contributed by atoms with E-state index >= 15 is 0 Å². The number of nitrogens with one attached hydrogen (secondary N) is 2. The fourth-order valence-corrected chi connectivity index (χ4v) is 4.66. The van der Waals surface area contributed by atoms with E-state index in [1.165, 1.54) is 11.3 Å². The van der Waals surface area contributed by atoms with E-state index in [2.05, 4.69) is 25.9 Å². The van der Waals surface area contributed by atoms with Gasteiger partial charge in [0.2, 0.25) is 4.96 Å². The molecule has 7 nitrogen and oxygen atoms in total. The van der Waals surface area contributed by atoms with Crippen molar-refractivity contribution in [1.82, 2.24) is 25.1 Å². The molecule has 0 unspecified atom stereocenters. The Labute approximate surface area is 193 Å². The molecule has 2 aromatic heterocycles. The molecule has 9 heteroatoms. The number of amides is 1. The molecule has 0 aliphatic carbocycles. The largest absolute Gasteiger partial charge is 0.332 e. The molecule has 32 heavy (non-hydrogen) atoms. The lowest BCUT2D eigenvalue weighted by atomic mass is 10.1. The van der Waals surface area contributed by atoms with Crippen molar-refractivity contribution in [3.05, 3.63) is 77.6 Å². The zero-order valence-corrected chi connectivity index (χ0v) is 18.9. The van der Waals surface area contributed by atoms with Crippen molar-refractivity contribution >= 4 is 56.0 Å². The van der Waals surface area contributed by atoms with E-state index in [1.807, 2.05) is 68.4 Å². The summed E-state index contributed by atoms with van der Waals surface area (Å²) in [4.78, 5) is 13.4. The fourth-order valence-electron chi connectivity index (χ4n) is 3.49. The number of aromatic nitrogens is 4. The van der Waals surface area contributed by atoms with Gasteiger partial charge in [-0.25, -0.2) is 0 Å². The van der Waals surface area contributed by atoms with Gasteiger partial charge < -0.3 is 5.32 Å². The van der Waals surface area contributed by atoms with Gasteiger partial charge in [-0.2, -0.15) is 9.61 Å². The lowest BCUT2D eigenvalue weighted by Gasteiger charge is -2.14. The molecule has 158 valence electrons. The van der Waals surface area contributed by atoms with Gasteiger partial charge in [0.05, 0.1) is 0 Å². The quantitative estimate of drug-likeness (QED) is 0.380. The van der Waals surface area contributed by atoms with Crippen molar-refractivity contribution in [3.63, 3.8) is 0 Å². The van der Waals surface area contributed by atoms with Gasteiger partial charge in [0.15, 0.2) is 10.9 Å². The summed E-state index contributed by atoms with van der Waals surface area (Å²) in [5.74, 6) is 0.484. The third-order valence-corrected chi connectivity index (χ3v) is 6.33. The summed E-state index contributed by atoms with van der Waals surface area (Å²) >= 11 is 6.87. The monoisotopic (exact) mass is 458 g/mol. The van der Waals surface area contributed by atoms with E-state index in [0.717, 1.165) is 43.4 Å². The molecule has 2 N–H and O–H groups in total. The topological polar surface area (TPSA) is 84.2 Å². The number of hydrogen-bond donors (Lipinski definition) is 2. The molecular weight excluding hydrogens is 440 g/mol. The molecule has 0 aliphatic heterocycles. The number of carbonyl (C=O) groups is 1. The fraction of sp³-hybridized carbons (Fsp3) is 0.0870. The molecule has 0 radical (unpaired) electrons. The molecule has 0 aliphatic rings.